The number of aryl methyl sites for hydroxylation is 1. The average Bonchev–Trinajstić information content (AvgIpc) is 3.22. The van der Waals surface area contributed by atoms with Gasteiger partial charge in [0.05, 0.1) is 16.3 Å². The molecule has 2 atom stereocenters. The van der Waals surface area contributed by atoms with Crippen molar-refractivity contribution >= 4 is 38.2 Å². The molecule has 214 valence electrons. The van der Waals surface area contributed by atoms with Gasteiger partial charge in [0.25, 0.3) is 5.56 Å². The molecule has 0 amide bonds. The SMILES string of the molecule is C=CCCS(C)(=O)=Nc1cccc(-n2c3nc(Nc4ccc5c(c4)CCC(N(C)C)C5)ncc3c(=O)n2CC=C)n1. The molecule has 10 nitrogen and oxygen atoms in total. The third kappa shape index (κ3) is 6.15. The Morgan fingerprint density at radius 1 is 1.17 bits per heavy atom. The van der Waals surface area contributed by atoms with Crippen molar-refractivity contribution in [1.29, 1.82) is 0 Å². The minimum absolute atomic E-state index is 0.240. The molecule has 5 rings (SSSR count). The van der Waals surface area contributed by atoms with Gasteiger partial charge in [-0.25, -0.2) is 23.5 Å². The summed E-state index contributed by atoms with van der Waals surface area (Å²) in [6.07, 6.45) is 10.3. The summed E-state index contributed by atoms with van der Waals surface area (Å²) in [5.74, 6) is 1.49. The van der Waals surface area contributed by atoms with Crippen LogP contribution in [0.2, 0.25) is 0 Å². The minimum Gasteiger partial charge on any atom is -0.324 e. The molecule has 0 saturated carbocycles. The van der Waals surface area contributed by atoms with Gasteiger partial charge in [-0.05, 0) is 75.2 Å². The van der Waals surface area contributed by atoms with E-state index in [0.717, 1.165) is 24.9 Å². The van der Waals surface area contributed by atoms with E-state index >= 15 is 0 Å². The third-order valence-electron chi connectivity index (χ3n) is 7.30. The fourth-order valence-corrected chi connectivity index (χ4v) is 6.31. The number of hydrogen-bond donors (Lipinski definition) is 1. The average molecular weight is 573 g/mol. The molecule has 0 spiro atoms. The highest BCUT2D eigenvalue weighted by molar-refractivity contribution is 7.93. The van der Waals surface area contributed by atoms with Crippen LogP contribution in [0.15, 0.2) is 77.1 Å². The number of pyridine rings is 1. The number of fused-ring (bicyclic) bond motifs is 2. The van der Waals surface area contributed by atoms with E-state index in [4.69, 9.17) is 4.98 Å². The van der Waals surface area contributed by atoms with Crippen LogP contribution in [0.4, 0.5) is 17.5 Å². The highest BCUT2D eigenvalue weighted by Crippen LogP contribution is 2.28. The van der Waals surface area contributed by atoms with Gasteiger partial charge in [-0.1, -0.05) is 24.3 Å². The standard InChI is InChI=1S/C30H36N8O2S/c1-6-8-17-41(5,40)35-26-10-9-11-27(33-26)38-28-25(29(39)37(38)16-7-2)20-31-30(34-28)32-23-14-12-22-19-24(36(3)4)15-13-21(22)18-23/h6-7,9-12,14,18,20,24H,1-2,8,13,15-17,19H2,3-5H3,(H,31,32,34). The first-order chi connectivity index (χ1) is 19.7. The highest BCUT2D eigenvalue weighted by atomic mass is 32.2. The Morgan fingerprint density at radius 3 is 2.76 bits per heavy atom. The van der Waals surface area contributed by atoms with Crippen molar-refractivity contribution < 1.29 is 4.21 Å². The van der Waals surface area contributed by atoms with E-state index in [1.54, 1.807) is 41.3 Å². The number of benzene rings is 1. The van der Waals surface area contributed by atoms with E-state index in [1.807, 2.05) is 6.07 Å². The molecule has 11 heteroatoms. The zero-order valence-corrected chi connectivity index (χ0v) is 24.6. The lowest BCUT2D eigenvalue weighted by molar-refractivity contribution is 0.268. The van der Waals surface area contributed by atoms with Gasteiger partial charge >= 0.3 is 0 Å². The quantitative estimate of drug-likeness (QED) is 0.276. The van der Waals surface area contributed by atoms with E-state index in [-0.39, 0.29) is 12.1 Å². The highest BCUT2D eigenvalue weighted by Gasteiger charge is 2.21. The molecule has 2 unspecified atom stereocenters. The molecule has 0 saturated heterocycles. The maximum absolute atomic E-state index is 13.3. The molecule has 3 aromatic heterocycles. The molecular formula is C30H36N8O2S. The van der Waals surface area contributed by atoms with E-state index in [9.17, 15) is 9.00 Å². The Labute approximate surface area is 240 Å². The Hall–Kier alpha value is -4.09. The number of likely N-dealkylation sites (N-methyl/N-ethyl adjacent to an activating group) is 1. The lowest BCUT2D eigenvalue weighted by Gasteiger charge is -2.30. The monoisotopic (exact) mass is 572 g/mol. The van der Waals surface area contributed by atoms with Crippen molar-refractivity contribution in [1.82, 2.24) is 29.2 Å². The summed E-state index contributed by atoms with van der Waals surface area (Å²) in [5, 5.41) is 3.67. The van der Waals surface area contributed by atoms with E-state index < -0.39 is 9.73 Å². The van der Waals surface area contributed by atoms with Crippen molar-refractivity contribution in [2.75, 3.05) is 31.4 Å². The molecule has 1 aromatic carbocycles. The van der Waals surface area contributed by atoms with Gasteiger partial charge < -0.3 is 10.2 Å². The van der Waals surface area contributed by atoms with Crippen LogP contribution in [0.3, 0.4) is 0 Å². The third-order valence-corrected chi connectivity index (χ3v) is 8.86. The first-order valence-corrected chi connectivity index (χ1v) is 15.7. The van der Waals surface area contributed by atoms with Crippen LogP contribution in [0.5, 0.6) is 0 Å². The molecule has 1 aliphatic rings. The van der Waals surface area contributed by atoms with Gasteiger partial charge in [-0.3, -0.25) is 4.79 Å². The Balaban J connectivity index is 1.53. The molecule has 41 heavy (non-hydrogen) atoms. The van der Waals surface area contributed by atoms with Gasteiger partial charge in [-0.15, -0.1) is 13.2 Å². The fourth-order valence-electron chi connectivity index (χ4n) is 5.12. The lowest BCUT2D eigenvalue weighted by Crippen LogP contribution is -2.33. The molecule has 0 fully saturated rings. The number of nitrogens with zero attached hydrogens (tertiary/aromatic N) is 7. The Bertz CT molecular complexity index is 1800. The van der Waals surface area contributed by atoms with Crippen LogP contribution in [0.25, 0.3) is 16.9 Å². The molecule has 1 N–H and O–H groups in total. The summed E-state index contributed by atoms with van der Waals surface area (Å²) in [7, 11) is 1.77. The number of anilines is 2. The van der Waals surface area contributed by atoms with Crippen LogP contribution >= 0.6 is 0 Å². The van der Waals surface area contributed by atoms with Crippen molar-refractivity contribution in [2.24, 2.45) is 4.36 Å². The number of hydrogen-bond acceptors (Lipinski definition) is 8. The fraction of sp³-hybridized carbons (Fsp3) is 0.333. The maximum Gasteiger partial charge on any atom is 0.278 e. The van der Waals surface area contributed by atoms with Crippen LogP contribution in [-0.4, -0.2) is 65.6 Å². The molecule has 4 aromatic rings. The van der Waals surface area contributed by atoms with Gasteiger partial charge in [0.1, 0.15) is 5.39 Å². The van der Waals surface area contributed by atoms with Gasteiger partial charge in [0, 0.05) is 29.9 Å². The predicted octanol–water partition coefficient (Wildman–Crippen LogP) is 4.63. The Morgan fingerprint density at radius 2 is 2.00 bits per heavy atom. The summed E-state index contributed by atoms with van der Waals surface area (Å²) in [5.41, 5.74) is 3.72. The number of nitrogens with one attached hydrogen (secondary N) is 1. The second-order valence-electron chi connectivity index (χ2n) is 10.6. The Kier molecular flexibility index (Phi) is 8.18. The summed E-state index contributed by atoms with van der Waals surface area (Å²) in [4.78, 5) is 29.4. The molecule has 1 aliphatic carbocycles. The molecular weight excluding hydrogens is 536 g/mol. The largest absolute Gasteiger partial charge is 0.324 e. The first kappa shape index (κ1) is 28.4. The lowest BCUT2D eigenvalue weighted by atomic mass is 9.87. The normalized spacial score (nSPS) is 16.2. The molecule has 3 heterocycles. The molecule has 0 aliphatic heterocycles. The van der Waals surface area contributed by atoms with Crippen LogP contribution in [0.1, 0.15) is 24.0 Å². The molecule has 0 bridgehead atoms. The van der Waals surface area contributed by atoms with E-state index in [0.29, 0.717) is 46.8 Å². The second kappa shape index (κ2) is 11.8. The van der Waals surface area contributed by atoms with Crippen LogP contribution in [0, 0.1) is 0 Å². The van der Waals surface area contributed by atoms with E-state index in [2.05, 4.69) is 63.9 Å². The smallest absolute Gasteiger partial charge is 0.278 e. The zero-order chi connectivity index (χ0) is 29.1. The predicted molar refractivity (Wildman–Crippen MR) is 166 cm³/mol. The topological polar surface area (TPSA) is 110 Å². The van der Waals surface area contributed by atoms with Crippen LogP contribution < -0.4 is 10.9 Å². The summed E-state index contributed by atoms with van der Waals surface area (Å²) in [6.45, 7) is 7.75. The summed E-state index contributed by atoms with van der Waals surface area (Å²) < 4.78 is 20.5. The van der Waals surface area contributed by atoms with Crippen LogP contribution in [-0.2, 0) is 29.1 Å². The minimum atomic E-state index is -2.50. The van der Waals surface area contributed by atoms with Gasteiger partial charge in [0.15, 0.2) is 17.3 Å². The van der Waals surface area contributed by atoms with Gasteiger partial charge in [0.2, 0.25) is 5.95 Å². The number of allylic oxidation sites excluding steroid dienone is 2. The summed E-state index contributed by atoms with van der Waals surface area (Å²) in [6, 6.07) is 12.2. The zero-order valence-electron chi connectivity index (χ0n) is 23.8. The number of aromatic nitrogens is 5. The van der Waals surface area contributed by atoms with Crippen molar-refractivity contribution in [3.05, 3.63) is 89.4 Å². The summed E-state index contributed by atoms with van der Waals surface area (Å²) >= 11 is 0. The first-order valence-electron chi connectivity index (χ1n) is 13.6. The second-order valence-corrected chi connectivity index (χ2v) is 13.1. The van der Waals surface area contributed by atoms with Crippen molar-refractivity contribution in [2.45, 2.75) is 38.3 Å². The van der Waals surface area contributed by atoms with Crippen molar-refractivity contribution in [3.8, 4) is 5.82 Å². The van der Waals surface area contributed by atoms with Gasteiger partial charge in [-0.2, -0.15) is 9.35 Å². The van der Waals surface area contributed by atoms with E-state index in [1.165, 1.54) is 22.0 Å². The number of rotatable bonds is 10. The maximum atomic E-state index is 13.3. The van der Waals surface area contributed by atoms with Crippen molar-refractivity contribution in [3.63, 3.8) is 0 Å². The molecule has 0 radical (unpaired) electrons.